The summed E-state index contributed by atoms with van der Waals surface area (Å²) in [5.74, 6) is -0.155. The summed E-state index contributed by atoms with van der Waals surface area (Å²) in [7, 11) is 0. The molecule has 0 aliphatic carbocycles. The van der Waals surface area contributed by atoms with Gasteiger partial charge in [0.05, 0.1) is 0 Å². The van der Waals surface area contributed by atoms with Gasteiger partial charge >= 0.3 is 0 Å². The molecule has 1 heterocycles. The average Bonchev–Trinajstić information content (AvgIpc) is 2.63. The van der Waals surface area contributed by atoms with Crippen molar-refractivity contribution in [2.24, 2.45) is 0 Å². The van der Waals surface area contributed by atoms with E-state index in [-0.39, 0.29) is 11.7 Å². The summed E-state index contributed by atoms with van der Waals surface area (Å²) in [6.07, 6.45) is 0.491. The molecule has 1 aliphatic rings. The second-order valence-electron chi connectivity index (χ2n) is 6.42. The maximum atomic E-state index is 13.0. The van der Waals surface area contributed by atoms with Crippen LogP contribution in [0.4, 0.5) is 15.8 Å². The average molecular weight is 341 g/mol. The van der Waals surface area contributed by atoms with E-state index in [1.165, 1.54) is 12.1 Å². The molecule has 1 amide bonds. The molecule has 132 valence electrons. The Kier molecular flexibility index (Phi) is 5.66. The molecule has 1 saturated heterocycles. The van der Waals surface area contributed by atoms with E-state index in [0.717, 1.165) is 49.7 Å². The Morgan fingerprint density at radius 3 is 2.40 bits per heavy atom. The number of halogens is 1. The number of carbonyl (C=O) groups excluding carboxylic acids is 1. The first kappa shape index (κ1) is 17.4. The van der Waals surface area contributed by atoms with Crippen molar-refractivity contribution in [3.8, 4) is 0 Å². The molecular formula is C20H24FN3O. The topological polar surface area (TPSA) is 35.6 Å². The lowest BCUT2D eigenvalue weighted by molar-refractivity contribution is -0.116. The number of benzene rings is 2. The zero-order valence-corrected chi connectivity index (χ0v) is 14.5. The summed E-state index contributed by atoms with van der Waals surface area (Å²) >= 11 is 0. The van der Waals surface area contributed by atoms with Crippen molar-refractivity contribution in [2.75, 3.05) is 42.9 Å². The van der Waals surface area contributed by atoms with E-state index < -0.39 is 0 Å². The highest BCUT2D eigenvalue weighted by molar-refractivity contribution is 5.91. The van der Waals surface area contributed by atoms with Gasteiger partial charge in [-0.2, -0.15) is 0 Å². The largest absolute Gasteiger partial charge is 0.369 e. The number of piperazine rings is 1. The molecule has 2 aromatic rings. The minimum Gasteiger partial charge on any atom is -0.369 e. The van der Waals surface area contributed by atoms with Crippen LogP contribution in [0.3, 0.4) is 0 Å². The van der Waals surface area contributed by atoms with Crippen LogP contribution < -0.4 is 10.2 Å². The Balaban J connectivity index is 1.42. The molecule has 0 radical (unpaired) electrons. The van der Waals surface area contributed by atoms with Crippen molar-refractivity contribution in [3.63, 3.8) is 0 Å². The fraction of sp³-hybridized carbons (Fsp3) is 0.350. The molecule has 2 aromatic carbocycles. The molecule has 1 aliphatic heterocycles. The number of carbonyl (C=O) groups is 1. The van der Waals surface area contributed by atoms with Crippen molar-refractivity contribution >= 4 is 17.3 Å². The Bertz CT molecular complexity index is 709. The number of nitrogens with one attached hydrogen (secondary N) is 1. The van der Waals surface area contributed by atoms with Crippen molar-refractivity contribution < 1.29 is 9.18 Å². The van der Waals surface area contributed by atoms with Gasteiger partial charge in [-0.1, -0.05) is 18.2 Å². The highest BCUT2D eigenvalue weighted by Crippen LogP contribution is 2.17. The highest BCUT2D eigenvalue weighted by atomic mass is 19.1. The summed E-state index contributed by atoms with van der Waals surface area (Å²) < 4.78 is 13.0. The van der Waals surface area contributed by atoms with E-state index in [1.807, 2.05) is 43.3 Å². The van der Waals surface area contributed by atoms with Gasteiger partial charge in [-0.3, -0.25) is 9.69 Å². The van der Waals surface area contributed by atoms with E-state index in [2.05, 4.69) is 15.1 Å². The molecule has 0 unspecified atom stereocenters. The predicted molar refractivity (Wildman–Crippen MR) is 99.5 cm³/mol. The van der Waals surface area contributed by atoms with Crippen molar-refractivity contribution in [3.05, 3.63) is 59.9 Å². The maximum Gasteiger partial charge on any atom is 0.225 e. The van der Waals surface area contributed by atoms with Crippen LogP contribution >= 0.6 is 0 Å². The lowest BCUT2D eigenvalue weighted by Gasteiger charge is -2.36. The van der Waals surface area contributed by atoms with Gasteiger partial charge in [-0.15, -0.1) is 0 Å². The van der Waals surface area contributed by atoms with Crippen LogP contribution in [0.2, 0.25) is 0 Å². The van der Waals surface area contributed by atoms with Gasteiger partial charge in [0.2, 0.25) is 5.91 Å². The van der Waals surface area contributed by atoms with Crippen LogP contribution in [0.25, 0.3) is 0 Å². The molecule has 0 atom stereocenters. The van der Waals surface area contributed by atoms with Gasteiger partial charge in [-0.05, 0) is 42.8 Å². The normalized spacial score (nSPS) is 15.2. The second kappa shape index (κ2) is 8.12. The Morgan fingerprint density at radius 1 is 1.04 bits per heavy atom. The zero-order valence-electron chi connectivity index (χ0n) is 14.5. The molecule has 25 heavy (non-hydrogen) atoms. The lowest BCUT2D eigenvalue weighted by atomic mass is 10.2. The molecule has 0 aromatic heterocycles. The molecule has 1 N–H and O–H groups in total. The van der Waals surface area contributed by atoms with Crippen molar-refractivity contribution in [1.82, 2.24) is 4.90 Å². The van der Waals surface area contributed by atoms with Gasteiger partial charge in [0, 0.05) is 50.5 Å². The second-order valence-corrected chi connectivity index (χ2v) is 6.42. The smallest absolute Gasteiger partial charge is 0.225 e. The fourth-order valence-corrected chi connectivity index (χ4v) is 3.07. The van der Waals surface area contributed by atoms with Crippen LogP contribution in [0.15, 0.2) is 48.5 Å². The number of para-hydroxylation sites is 1. The number of rotatable bonds is 5. The Morgan fingerprint density at radius 2 is 1.72 bits per heavy atom. The number of aryl methyl sites for hydroxylation is 1. The predicted octanol–water partition coefficient (Wildman–Crippen LogP) is 3.28. The van der Waals surface area contributed by atoms with E-state index in [9.17, 15) is 9.18 Å². The molecule has 1 fully saturated rings. The Labute approximate surface area is 148 Å². The van der Waals surface area contributed by atoms with Crippen LogP contribution in [-0.2, 0) is 4.79 Å². The summed E-state index contributed by atoms with van der Waals surface area (Å²) in [6.45, 7) is 6.36. The molecule has 0 saturated carbocycles. The van der Waals surface area contributed by atoms with Crippen molar-refractivity contribution in [1.29, 1.82) is 0 Å². The molecule has 0 bridgehead atoms. The fourth-order valence-electron chi connectivity index (χ4n) is 3.07. The summed E-state index contributed by atoms with van der Waals surface area (Å²) in [6, 6.07) is 14.4. The molecule has 4 nitrogen and oxygen atoms in total. The molecular weight excluding hydrogens is 317 g/mol. The number of hydrogen-bond donors (Lipinski definition) is 1. The maximum absolute atomic E-state index is 13.0. The van der Waals surface area contributed by atoms with Gasteiger partial charge in [0.1, 0.15) is 5.82 Å². The third kappa shape index (κ3) is 4.79. The van der Waals surface area contributed by atoms with Crippen molar-refractivity contribution in [2.45, 2.75) is 13.3 Å². The van der Waals surface area contributed by atoms with Crippen LogP contribution in [0.5, 0.6) is 0 Å². The minimum atomic E-state index is -0.206. The quantitative estimate of drug-likeness (QED) is 0.906. The number of hydrogen-bond acceptors (Lipinski definition) is 3. The summed E-state index contributed by atoms with van der Waals surface area (Å²) in [5.41, 5.74) is 3.01. The van der Waals surface area contributed by atoms with Gasteiger partial charge in [0.15, 0.2) is 0 Å². The summed E-state index contributed by atoms with van der Waals surface area (Å²) in [5, 5.41) is 2.98. The first-order valence-electron chi connectivity index (χ1n) is 8.70. The first-order valence-corrected chi connectivity index (χ1v) is 8.70. The molecule has 0 spiro atoms. The lowest BCUT2D eigenvalue weighted by Crippen LogP contribution is -2.47. The first-order chi connectivity index (χ1) is 12.1. The zero-order chi connectivity index (χ0) is 17.6. The molecule has 3 rings (SSSR count). The van der Waals surface area contributed by atoms with E-state index >= 15 is 0 Å². The highest BCUT2D eigenvalue weighted by Gasteiger charge is 2.18. The van der Waals surface area contributed by atoms with E-state index in [4.69, 9.17) is 0 Å². The van der Waals surface area contributed by atoms with Crippen LogP contribution in [0, 0.1) is 12.7 Å². The van der Waals surface area contributed by atoms with Gasteiger partial charge in [0.25, 0.3) is 0 Å². The monoisotopic (exact) mass is 341 g/mol. The number of anilines is 2. The Hall–Kier alpha value is -2.40. The van der Waals surface area contributed by atoms with Crippen LogP contribution in [0.1, 0.15) is 12.0 Å². The van der Waals surface area contributed by atoms with E-state index in [0.29, 0.717) is 6.42 Å². The minimum absolute atomic E-state index is 0.0512. The number of nitrogens with zero attached hydrogens (tertiary/aromatic N) is 2. The SMILES string of the molecule is Cc1ccccc1NC(=O)CCN1CCN(c2ccc(F)cc2)CC1. The van der Waals surface area contributed by atoms with Gasteiger partial charge in [-0.25, -0.2) is 4.39 Å². The third-order valence-electron chi connectivity index (χ3n) is 4.64. The standard InChI is InChI=1S/C20H24FN3O/c1-16-4-2-3-5-19(16)22-20(25)10-11-23-12-14-24(15-13-23)18-8-6-17(21)7-9-18/h2-9H,10-15H2,1H3,(H,22,25). The van der Waals surface area contributed by atoms with Gasteiger partial charge < -0.3 is 10.2 Å². The number of amides is 1. The third-order valence-corrected chi connectivity index (χ3v) is 4.64. The summed E-state index contributed by atoms with van der Waals surface area (Å²) in [4.78, 5) is 16.7. The van der Waals surface area contributed by atoms with E-state index in [1.54, 1.807) is 0 Å². The molecule has 5 heteroatoms. The van der Waals surface area contributed by atoms with Crippen LogP contribution in [-0.4, -0.2) is 43.5 Å².